The van der Waals surface area contributed by atoms with E-state index >= 15 is 0 Å². The Morgan fingerprint density at radius 1 is 1.47 bits per heavy atom. The van der Waals surface area contributed by atoms with Crippen LogP contribution in [0.4, 0.5) is 11.8 Å². The van der Waals surface area contributed by atoms with E-state index < -0.39 is 15.6 Å². The molecular formula is C9H17BrN6O2S. The van der Waals surface area contributed by atoms with Gasteiger partial charge in [-0.1, -0.05) is 0 Å². The predicted octanol–water partition coefficient (Wildman–Crippen LogP) is 0.264. The van der Waals surface area contributed by atoms with Gasteiger partial charge in [0.2, 0.25) is 16.0 Å². The zero-order valence-electron chi connectivity index (χ0n) is 10.9. The summed E-state index contributed by atoms with van der Waals surface area (Å²) in [5.74, 6) is 6.01. The number of hydrogen-bond acceptors (Lipinski definition) is 7. The van der Waals surface area contributed by atoms with Crippen LogP contribution in [0.2, 0.25) is 0 Å². The number of nitrogens with zero attached hydrogens (tertiary/aromatic N) is 2. The summed E-state index contributed by atoms with van der Waals surface area (Å²) in [7, 11) is -3.28. The molecule has 0 saturated carbocycles. The van der Waals surface area contributed by atoms with Gasteiger partial charge in [0.1, 0.15) is 5.82 Å². The Labute approximate surface area is 120 Å². The van der Waals surface area contributed by atoms with Crippen molar-refractivity contribution in [1.82, 2.24) is 14.7 Å². The van der Waals surface area contributed by atoms with E-state index in [0.717, 1.165) is 6.26 Å². The second-order valence-electron chi connectivity index (χ2n) is 4.65. The molecule has 0 unspecified atom stereocenters. The van der Waals surface area contributed by atoms with Gasteiger partial charge in [-0.3, -0.25) is 5.43 Å². The lowest BCUT2D eigenvalue weighted by atomic mass is 10.1. The molecule has 0 aliphatic rings. The van der Waals surface area contributed by atoms with Crippen molar-refractivity contribution in [2.24, 2.45) is 5.84 Å². The largest absolute Gasteiger partial charge is 0.367 e. The number of nitrogen functional groups attached to an aromatic ring is 1. The van der Waals surface area contributed by atoms with Crippen LogP contribution in [0.15, 0.2) is 10.7 Å². The van der Waals surface area contributed by atoms with Crippen LogP contribution in [-0.2, 0) is 10.0 Å². The van der Waals surface area contributed by atoms with Crippen molar-refractivity contribution in [1.29, 1.82) is 0 Å². The Balaban J connectivity index is 2.76. The average Bonchev–Trinajstić information content (AvgIpc) is 2.25. The summed E-state index contributed by atoms with van der Waals surface area (Å²) in [6.45, 7) is 3.87. The van der Waals surface area contributed by atoms with E-state index in [0.29, 0.717) is 16.8 Å². The van der Waals surface area contributed by atoms with E-state index in [4.69, 9.17) is 5.84 Å². The van der Waals surface area contributed by atoms with Crippen LogP contribution in [0.25, 0.3) is 0 Å². The number of nitrogens with one attached hydrogen (secondary N) is 3. The molecule has 10 heteroatoms. The molecule has 8 nitrogen and oxygen atoms in total. The molecule has 1 aromatic heterocycles. The SMILES string of the molecule is CC(C)(CNc1nc(NN)ncc1Br)NS(C)(=O)=O. The van der Waals surface area contributed by atoms with Gasteiger partial charge >= 0.3 is 0 Å². The van der Waals surface area contributed by atoms with Crippen molar-refractivity contribution in [3.05, 3.63) is 10.7 Å². The fraction of sp³-hybridized carbons (Fsp3) is 0.556. The molecule has 0 aliphatic carbocycles. The lowest BCUT2D eigenvalue weighted by molar-refractivity contribution is 0.476. The number of hydrogen-bond donors (Lipinski definition) is 4. The van der Waals surface area contributed by atoms with Crippen LogP contribution >= 0.6 is 15.9 Å². The van der Waals surface area contributed by atoms with Crippen molar-refractivity contribution in [2.75, 3.05) is 23.5 Å². The van der Waals surface area contributed by atoms with Crippen LogP contribution in [0.1, 0.15) is 13.8 Å². The van der Waals surface area contributed by atoms with E-state index in [9.17, 15) is 8.42 Å². The lowest BCUT2D eigenvalue weighted by Crippen LogP contribution is -2.47. The van der Waals surface area contributed by atoms with Crippen molar-refractivity contribution in [2.45, 2.75) is 19.4 Å². The number of aromatic nitrogens is 2. The first kappa shape index (κ1) is 16.1. The van der Waals surface area contributed by atoms with Gasteiger partial charge in [0.25, 0.3) is 0 Å². The van der Waals surface area contributed by atoms with Gasteiger partial charge in [0.05, 0.1) is 10.7 Å². The van der Waals surface area contributed by atoms with Gasteiger partial charge in [-0.2, -0.15) is 4.98 Å². The van der Waals surface area contributed by atoms with Crippen LogP contribution < -0.4 is 21.3 Å². The third kappa shape index (κ3) is 5.68. The Bertz CT molecular complexity index is 548. The minimum absolute atomic E-state index is 0.263. The maximum absolute atomic E-state index is 11.2. The quantitative estimate of drug-likeness (QED) is 0.428. The van der Waals surface area contributed by atoms with Gasteiger partial charge < -0.3 is 5.32 Å². The van der Waals surface area contributed by atoms with Crippen LogP contribution in [0.3, 0.4) is 0 Å². The molecule has 1 aromatic rings. The molecule has 1 rings (SSSR count). The van der Waals surface area contributed by atoms with Crippen molar-refractivity contribution in [3.63, 3.8) is 0 Å². The number of anilines is 2. The smallest absolute Gasteiger partial charge is 0.239 e. The number of hydrazine groups is 1. The summed E-state index contributed by atoms with van der Waals surface area (Å²) in [6, 6.07) is 0. The normalized spacial score (nSPS) is 12.3. The Hall–Kier alpha value is -0.970. The monoisotopic (exact) mass is 352 g/mol. The first-order chi connectivity index (χ1) is 8.63. The number of halogens is 1. The van der Waals surface area contributed by atoms with Crippen molar-refractivity contribution >= 4 is 37.7 Å². The molecule has 0 fully saturated rings. The molecule has 108 valence electrons. The Morgan fingerprint density at radius 3 is 2.63 bits per heavy atom. The summed E-state index contributed by atoms with van der Waals surface area (Å²) in [6.07, 6.45) is 2.66. The first-order valence-electron chi connectivity index (χ1n) is 5.35. The van der Waals surface area contributed by atoms with E-state index in [1.165, 1.54) is 0 Å². The highest BCUT2D eigenvalue weighted by Crippen LogP contribution is 2.20. The van der Waals surface area contributed by atoms with Gasteiger partial charge in [0, 0.05) is 18.3 Å². The highest BCUT2D eigenvalue weighted by molar-refractivity contribution is 9.10. The van der Waals surface area contributed by atoms with E-state index in [1.54, 1.807) is 20.0 Å². The Kier molecular flexibility index (Phi) is 5.07. The third-order valence-corrected chi connectivity index (χ3v) is 3.54. The summed E-state index contributed by atoms with van der Waals surface area (Å²) in [4.78, 5) is 8.02. The van der Waals surface area contributed by atoms with E-state index in [-0.39, 0.29) is 5.95 Å². The van der Waals surface area contributed by atoms with Gasteiger partial charge in [0.15, 0.2) is 0 Å². The molecule has 5 N–H and O–H groups in total. The lowest BCUT2D eigenvalue weighted by Gasteiger charge is -2.25. The van der Waals surface area contributed by atoms with Gasteiger partial charge in [-0.15, -0.1) is 0 Å². The first-order valence-corrected chi connectivity index (χ1v) is 8.03. The number of nitrogens with two attached hydrogens (primary N) is 1. The summed E-state index contributed by atoms with van der Waals surface area (Å²) in [5, 5.41) is 3.03. The third-order valence-electron chi connectivity index (χ3n) is 2.03. The van der Waals surface area contributed by atoms with E-state index in [1.807, 2.05) is 0 Å². The zero-order chi connectivity index (χ0) is 14.7. The molecule has 0 saturated heterocycles. The van der Waals surface area contributed by atoms with Crippen LogP contribution in [-0.4, -0.2) is 36.7 Å². The zero-order valence-corrected chi connectivity index (χ0v) is 13.3. The summed E-state index contributed by atoms with van der Waals surface area (Å²) >= 11 is 3.29. The summed E-state index contributed by atoms with van der Waals surface area (Å²) < 4.78 is 25.6. The highest BCUT2D eigenvalue weighted by Gasteiger charge is 2.22. The molecule has 0 atom stereocenters. The average molecular weight is 353 g/mol. The molecule has 0 bridgehead atoms. The molecule has 0 aliphatic heterocycles. The molecule has 1 heterocycles. The molecule has 0 spiro atoms. The maximum atomic E-state index is 11.2. The van der Waals surface area contributed by atoms with Gasteiger partial charge in [-0.05, 0) is 29.8 Å². The topological polar surface area (TPSA) is 122 Å². The highest BCUT2D eigenvalue weighted by atomic mass is 79.9. The van der Waals surface area contributed by atoms with Crippen LogP contribution in [0, 0.1) is 0 Å². The molecule has 0 amide bonds. The number of rotatable bonds is 6. The number of sulfonamides is 1. The maximum Gasteiger partial charge on any atom is 0.239 e. The summed E-state index contributed by atoms with van der Waals surface area (Å²) in [5.41, 5.74) is 1.68. The second-order valence-corrected chi connectivity index (χ2v) is 7.25. The minimum Gasteiger partial charge on any atom is -0.367 e. The van der Waals surface area contributed by atoms with Gasteiger partial charge in [-0.25, -0.2) is 24.0 Å². The van der Waals surface area contributed by atoms with Crippen molar-refractivity contribution < 1.29 is 8.42 Å². The molecule has 0 aromatic carbocycles. The van der Waals surface area contributed by atoms with E-state index in [2.05, 4.69) is 41.4 Å². The molecular weight excluding hydrogens is 336 g/mol. The molecule has 0 radical (unpaired) electrons. The fourth-order valence-electron chi connectivity index (χ4n) is 1.40. The molecule has 19 heavy (non-hydrogen) atoms. The van der Waals surface area contributed by atoms with Crippen LogP contribution in [0.5, 0.6) is 0 Å². The Morgan fingerprint density at radius 2 is 2.11 bits per heavy atom. The standard InChI is InChI=1S/C9H17BrN6O2S/c1-9(2,16-19(3,17)18)5-13-7-6(10)4-12-8(14-7)15-11/h4,16H,5,11H2,1-3H3,(H2,12,13,14,15). The predicted molar refractivity (Wildman–Crippen MR) is 78.1 cm³/mol. The fourth-order valence-corrected chi connectivity index (χ4v) is 2.81. The van der Waals surface area contributed by atoms with Crippen molar-refractivity contribution in [3.8, 4) is 0 Å². The minimum atomic E-state index is -3.28. The second kappa shape index (κ2) is 5.99.